The maximum absolute atomic E-state index is 10.8. The Morgan fingerprint density at radius 1 is 0.422 bits per heavy atom. The first-order valence-electron chi connectivity index (χ1n) is 18.1. The molecule has 0 bridgehead atoms. The largest absolute Gasteiger partial charge is 0.508 e. The van der Waals surface area contributed by atoms with Crippen LogP contribution in [0.2, 0.25) is 0 Å². The monoisotopic (exact) mass is 628 g/mol. The summed E-state index contributed by atoms with van der Waals surface area (Å²) in [4.78, 5) is 0. The molecule has 0 aliphatic heterocycles. The molecule has 45 heavy (non-hydrogen) atoms. The summed E-state index contributed by atoms with van der Waals surface area (Å²) in [5.41, 5.74) is 0.989. The second-order valence-corrected chi connectivity index (χ2v) is 12.9. The minimum Gasteiger partial charge on any atom is -0.508 e. The zero-order valence-corrected chi connectivity index (χ0v) is 29.5. The number of rotatable bonds is 26. The average molecular weight is 629 g/mol. The lowest BCUT2D eigenvalue weighted by atomic mass is 9.76. The van der Waals surface area contributed by atoms with Crippen molar-refractivity contribution in [3.63, 3.8) is 0 Å². The fourth-order valence-electron chi connectivity index (χ4n) is 5.81. The molecule has 0 saturated heterocycles. The summed E-state index contributed by atoms with van der Waals surface area (Å²) in [5, 5.41) is 21.6. The van der Waals surface area contributed by atoms with Crippen LogP contribution in [-0.2, 0) is 5.41 Å². The van der Waals surface area contributed by atoms with Crippen LogP contribution >= 0.6 is 0 Å². The number of hydrogen-bond acceptors (Lipinski definition) is 6. The van der Waals surface area contributed by atoms with E-state index in [4.69, 9.17) is 18.9 Å². The lowest BCUT2D eigenvalue weighted by molar-refractivity contribution is 0.264. The van der Waals surface area contributed by atoms with Gasteiger partial charge in [0.1, 0.15) is 34.5 Å². The molecule has 0 fully saturated rings. The van der Waals surface area contributed by atoms with Crippen LogP contribution in [0.25, 0.3) is 0 Å². The van der Waals surface area contributed by atoms with Gasteiger partial charge in [0.2, 0.25) is 0 Å². The lowest BCUT2D eigenvalue weighted by Crippen LogP contribution is -2.24. The summed E-state index contributed by atoms with van der Waals surface area (Å²) in [6, 6.07) is 6.82. The molecule has 0 atom stereocenters. The van der Waals surface area contributed by atoms with Crippen molar-refractivity contribution in [1.82, 2.24) is 0 Å². The summed E-state index contributed by atoms with van der Waals surface area (Å²) in [7, 11) is 0. The highest BCUT2D eigenvalue weighted by molar-refractivity contribution is 5.63. The Kier molecular flexibility index (Phi) is 18.7. The highest BCUT2D eigenvalue weighted by Gasteiger charge is 2.37. The number of unbranched alkanes of at least 4 members (excludes halogenated alkanes) is 12. The second-order valence-electron chi connectivity index (χ2n) is 12.9. The minimum absolute atomic E-state index is 0.118. The highest BCUT2D eigenvalue weighted by atomic mass is 16.5. The molecule has 0 spiro atoms. The van der Waals surface area contributed by atoms with Gasteiger partial charge in [0, 0.05) is 40.8 Å². The first-order valence-corrected chi connectivity index (χ1v) is 18.1. The molecule has 0 aromatic heterocycles. The van der Waals surface area contributed by atoms with Gasteiger partial charge in [0.15, 0.2) is 0 Å². The van der Waals surface area contributed by atoms with Crippen LogP contribution in [0.3, 0.4) is 0 Å². The molecule has 0 aliphatic rings. The van der Waals surface area contributed by atoms with Gasteiger partial charge >= 0.3 is 0 Å². The van der Waals surface area contributed by atoms with Gasteiger partial charge in [0.05, 0.1) is 26.4 Å². The van der Waals surface area contributed by atoms with Crippen LogP contribution in [0.4, 0.5) is 0 Å². The van der Waals surface area contributed by atoms with E-state index in [1.54, 1.807) is 24.3 Å². The normalized spacial score (nSPS) is 11.5. The van der Waals surface area contributed by atoms with Gasteiger partial charge in [-0.3, -0.25) is 0 Å². The van der Waals surface area contributed by atoms with Gasteiger partial charge in [0.25, 0.3) is 0 Å². The smallest absolute Gasteiger partial charge is 0.130 e. The van der Waals surface area contributed by atoms with Gasteiger partial charge in [-0.1, -0.05) is 119 Å². The molecule has 0 aliphatic carbocycles. The Morgan fingerprint density at radius 2 is 0.667 bits per heavy atom. The Bertz CT molecular complexity index is 926. The molecule has 256 valence electrons. The van der Waals surface area contributed by atoms with E-state index in [-0.39, 0.29) is 11.5 Å². The number of aromatic hydroxyl groups is 2. The molecular formula is C39H64O6. The fourth-order valence-corrected chi connectivity index (χ4v) is 5.81. The standard InChI is InChI=1S/C39H64O6/c1-7-11-15-19-23-42-33-27-31(40)28-34(43-24-20-16-12-8-2)37(33)39(5,6)38-35(44-25-21-17-13-9-3)29-32(41)30-36(38)45-26-22-18-14-10-4/h27-30,40-41H,7-26H2,1-6H3. The number of hydrogen-bond donors (Lipinski definition) is 2. The third-order valence-corrected chi connectivity index (χ3v) is 8.37. The summed E-state index contributed by atoms with van der Waals surface area (Å²) in [5.74, 6) is 2.66. The molecule has 0 heterocycles. The van der Waals surface area contributed by atoms with Gasteiger partial charge in [-0.05, 0) is 25.7 Å². The zero-order valence-electron chi connectivity index (χ0n) is 29.5. The van der Waals surface area contributed by atoms with E-state index >= 15 is 0 Å². The maximum Gasteiger partial charge on any atom is 0.130 e. The Morgan fingerprint density at radius 3 is 0.889 bits per heavy atom. The molecule has 2 rings (SSSR count). The molecule has 6 heteroatoms. The first kappa shape index (κ1) is 38.4. The number of ether oxygens (including phenoxy) is 4. The number of phenolic OH excluding ortho intramolecular Hbond substituents is 2. The molecule has 2 N–H and O–H groups in total. The maximum atomic E-state index is 10.8. The fraction of sp³-hybridized carbons (Fsp3) is 0.692. The predicted octanol–water partition coefficient (Wildman–Crippen LogP) is 11.3. The summed E-state index contributed by atoms with van der Waals surface area (Å²) in [6.45, 7) is 15.3. The number of benzene rings is 2. The van der Waals surface area contributed by atoms with E-state index in [1.807, 2.05) is 0 Å². The summed E-state index contributed by atoms with van der Waals surface area (Å²) >= 11 is 0. The Balaban J connectivity index is 2.61. The molecular weight excluding hydrogens is 564 g/mol. The molecule has 0 radical (unpaired) electrons. The molecule has 2 aromatic rings. The molecule has 0 unspecified atom stereocenters. The van der Waals surface area contributed by atoms with Crippen LogP contribution in [0.15, 0.2) is 24.3 Å². The van der Waals surface area contributed by atoms with Gasteiger partial charge in [-0.15, -0.1) is 0 Å². The van der Waals surface area contributed by atoms with Crippen molar-refractivity contribution in [3.8, 4) is 34.5 Å². The van der Waals surface area contributed by atoms with Crippen LogP contribution in [0, 0.1) is 0 Å². The minimum atomic E-state index is -0.712. The van der Waals surface area contributed by atoms with E-state index in [9.17, 15) is 10.2 Å². The number of phenols is 2. The third kappa shape index (κ3) is 13.2. The van der Waals surface area contributed by atoms with Gasteiger partial charge in [-0.25, -0.2) is 0 Å². The quantitative estimate of drug-likeness (QED) is 0.101. The van der Waals surface area contributed by atoms with Crippen molar-refractivity contribution < 1.29 is 29.2 Å². The van der Waals surface area contributed by atoms with Gasteiger partial charge in [-0.2, -0.15) is 0 Å². The lowest BCUT2D eigenvalue weighted by Gasteiger charge is -2.33. The van der Waals surface area contributed by atoms with E-state index < -0.39 is 5.41 Å². The van der Waals surface area contributed by atoms with Crippen molar-refractivity contribution in [2.75, 3.05) is 26.4 Å². The Labute approximate surface area is 274 Å². The van der Waals surface area contributed by atoms with Crippen LogP contribution in [0.1, 0.15) is 155 Å². The van der Waals surface area contributed by atoms with Crippen LogP contribution in [0.5, 0.6) is 34.5 Å². The van der Waals surface area contributed by atoms with Gasteiger partial charge < -0.3 is 29.2 Å². The SMILES string of the molecule is CCCCCCOc1cc(O)cc(OCCCCCC)c1C(C)(C)c1c(OCCCCCC)cc(O)cc1OCCCCCC. The molecule has 2 aromatic carbocycles. The first-order chi connectivity index (χ1) is 21.8. The van der Waals surface area contributed by atoms with Crippen molar-refractivity contribution in [3.05, 3.63) is 35.4 Å². The second kappa shape index (κ2) is 21.9. The highest BCUT2D eigenvalue weighted by Crippen LogP contribution is 2.51. The average Bonchev–Trinajstić information content (AvgIpc) is 3.00. The van der Waals surface area contributed by atoms with E-state index in [0.29, 0.717) is 49.4 Å². The molecule has 6 nitrogen and oxygen atoms in total. The zero-order chi connectivity index (χ0) is 32.9. The molecule has 0 saturated carbocycles. The van der Waals surface area contributed by atoms with Crippen molar-refractivity contribution in [2.45, 2.75) is 150 Å². The van der Waals surface area contributed by atoms with Crippen molar-refractivity contribution in [2.24, 2.45) is 0 Å². The van der Waals surface area contributed by atoms with Crippen molar-refractivity contribution >= 4 is 0 Å². The topological polar surface area (TPSA) is 77.4 Å². The summed E-state index contributed by atoms with van der Waals surface area (Å²) < 4.78 is 25.8. The third-order valence-electron chi connectivity index (χ3n) is 8.37. The van der Waals surface area contributed by atoms with Crippen molar-refractivity contribution in [1.29, 1.82) is 0 Å². The Hall–Kier alpha value is -2.76. The van der Waals surface area contributed by atoms with E-state index in [0.717, 1.165) is 88.2 Å². The predicted molar refractivity (Wildman–Crippen MR) is 187 cm³/mol. The molecule has 0 amide bonds. The van der Waals surface area contributed by atoms with Crippen LogP contribution < -0.4 is 18.9 Å². The van der Waals surface area contributed by atoms with E-state index in [1.165, 1.54) is 25.7 Å². The summed E-state index contributed by atoms with van der Waals surface area (Å²) in [6.07, 6.45) is 17.4. The van der Waals surface area contributed by atoms with Crippen LogP contribution in [-0.4, -0.2) is 36.6 Å². The van der Waals surface area contributed by atoms with E-state index in [2.05, 4.69) is 41.5 Å².